The molecule has 0 spiro atoms. The van der Waals surface area contributed by atoms with Gasteiger partial charge in [0, 0.05) is 5.75 Å². The van der Waals surface area contributed by atoms with Crippen molar-refractivity contribution in [1.82, 2.24) is 0 Å². The van der Waals surface area contributed by atoms with Crippen LogP contribution in [0.15, 0.2) is 0 Å². The molecule has 0 amide bonds. The third-order valence-electron chi connectivity index (χ3n) is 1.44. The van der Waals surface area contributed by atoms with Crippen molar-refractivity contribution in [2.75, 3.05) is 12.4 Å². The minimum Gasteiger partial charge on any atom is -0.463 e. The molecule has 3 N–H and O–H groups in total. The van der Waals surface area contributed by atoms with Gasteiger partial charge in [-0.15, -0.1) is 0 Å². The van der Waals surface area contributed by atoms with Gasteiger partial charge in [0.05, 0.1) is 6.10 Å². The second kappa shape index (κ2) is 6.75. The quantitative estimate of drug-likeness (QED) is 0.415. The van der Waals surface area contributed by atoms with Crippen molar-refractivity contribution in [2.45, 2.75) is 39.3 Å². The van der Waals surface area contributed by atoms with Gasteiger partial charge in [0.2, 0.25) is 0 Å². The van der Waals surface area contributed by atoms with E-state index in [4.69, 9.17) is 15.0 Å². The zero-order valence-electron chi connectivity index (χ0n) is 10.5. The first-order valence-corrected chi connectivity index (χ1v) is 8.33. The highest BCUT2D eigenvalue weighted by molar-refractivity contribution is 8.54. The van der Waals surface area contributed by atoms with Gasteiger partial charge in [0.25, 0.3) is 0 Å². The first kappa shape index (κ1) is 16.9. The van der Waals surface area contributed by atoms with Crippen LogP contribution in [0.4, 0.5) is 0 Å². The Balaban J connectivity index is 3.86. The highest BCUT2D eigenvalue weighted by Gasteiger charge is 2.25. The number of hydrogen-bond acceptors (Lipinski definition) is 6. The fraction of sp³-hybridized carbons (Fsp3) is 0.889. The maximum absolute atomic E-state index is 11.4. The van der Waals surface area contributed by atoms with Crippen LogP contribution in [0, 0.1) is 0 Å². The number of hydrogen-bond donors (Lipinski definition) is 2. The summed E-state index contributed by atoms with van der Waals surface area (Å²) in [5.41, 5.74) is 4.45. The van der Waals surface area contributed by atoms with Crippen molar-refractivity contribution < 1.29 is 23.5 Å². The van der Waals surface area contributed by atoms with E-state index < -0.39 is 18.3 Å². The summed E-state index contributed by atoms with van der Waals surface area (Å²) in [5, 5.41) is 0. The fourth-order valence-electron chi connectivity index (χ4n) is 0.770. The molecular formula is C9H20NO5PS. The van der Waals surface area contributed by atoms with E-state index in [1.54, 1.807) is 13.8 Å². The SMILES string of the molecule is CC(C)OP(=O)(O)SCCOC(=O)C(C)(C)N. The molecule has 0 fully saturated rings. The predicted molar refractivity (Wildman–Crippen MR) is 67.7 cm³/mol. The van der Waals surface area contributed by atoms with Crippen molar-refractivity contribution in [3.05, 3.63) is 0 Å². The Labute approximate surface area is 106 Å². The summed E-state index contributed by atoms with van der Waals surface area (Å²) in [7, 11) is 0. The normalized spacial score (nSPS) is 15.7. The van der Waals surface area contributed by atoms with Crippen molar-refractivity contribution in [3.8, 4) is 0 Å². The van der Waals surface area contributed by atoms with Gasteiger partial charge in [-0.25, -0.2) is 4.57 Å². The zero-order chi connectivity index (χ0) is 13.7. The van der Waals surface area contributed by atoms with Crippen LogP contribution < -0.4 is 5.73 Å². The first-order chi connectivity index (χ1) is 7.54. The van der Waals surface area contributed by atoms with Crippen LogP contribution in [0.25, 0.3) is 0 Å². The molecule has 0 aromatic carbocycles. The number of carbonyl (C=O) groups is 1. The molecule has 0 aliphatic carbocycles. The van der Waals surface area contributed by atoms with E-state index in [0.717, 1.165) is 11.4 Å². The molecule has 0 bridgehead atoms. The third-order valence-corrected chi connectivity index (χ3v) is 4.59. The Kier molecular flexibility index (Phi) is 6.73. The van der Waals surface area contributed by atoms with Crippen LogP contribution in [0.5, 0.6) is 0 Å². The van der Waals surface area contributed by atoms with E-state index in [1.165, 1.54) is 13.8 Å². The summed E-state index contributed by atoms with van der Waals surface area (Å²) in [5.74, 6) is -0.363. The zero-order valence-corrected chi connectivity index (χ0v) is 12.2. The highest BCUT2D eigenvalue weighted by atomic mass is 32.7. The van der Waals surface area contributed by atoms with Gasteiger partial charge in [-0.2, -0.15) is 0 Å². The lowest BCUT2D eigenvalue weighted by atomic mass is 10.1. The molecule has 0 aromatic heterocycles. The van der Waals surface area contributed by atoms with Gasteiger partial charge in [0.15, 0.2) is 0 Å². The van der Waals surface area contributed by atoms with Crippen LogP contribution in [0.2, 0.25) is 0 Å². The van der Waals surface area contributed by atoms with Crippen LogP contribution in [-0.4, -0.2) is 34.9 Å². The van der Waals surface area contributed by atoms with Crippen LogP contribution >= 0.6 is 18.2 Å². The van der Waals surface area contributed by atoms with Gasteiger partial charge in [-0.3, -0.25) is 9.32 Å². The molecule has 0 aliphatic rings. The molecule has 17 heavy (non-hydrogen) atoms. The van der Waals surface area contributed by atoms with E-state index in [1.807, 2.05) is 0 Å². The first-order valence-electron chi connectivity index (χ1n) is 5.16. The van der Waals surface area contributed by atoms with E-state index >= 15 is 0 Å². The van der Waals surface area contributed by atoms with Crippen molar-refractivity contribution in [3.63, 3.8) is 0 Å². The summed E-state index contributed by atoms with van der Waals surface area (Å²) in [6.07, 6.45) is -0.330. The molecule has 1 unspecified atom stereocenters. The lowest BCUT2D eigenvalue weighted by Crippen LogP contribution is -2.43. The van der Waals surface area contributed by atoms with Crippen molar-refractivity contribution >= 4 is 24.1 Å². The Morgan fingerprint density at radius 3 is 2.47 bits per heavy atom. The standard InChI is InChI=1S/C9H20NO5PS/c1-7(2)15-16(12,13)17-6-5-14-8(11)9(3,4)10/h7H,5-6,10H2,1-4H3,(H,12,13). The van der Waals surface area contributed by atoms with Gasteiger partial charge in [0.1, 0.15) is 12.1 Å². The molecular weight excluding hydrogens is 265 g/mol. The van der Waals surface area contributed by atoms with E-state index in [-0.39, 0.29) is 18.5 Å². The molecule has 8 heteroatoms. The molecule has 0 radical (unpaired) electrons. The molecule has 0 rings (SSSR count). The van der Waals surface area contributed by atoms with Crippen LogP contribution in [0.1, 0.15) is 27.7 Å². The van der Waals surface area contributed by atoms with Gasteiger partial charge in [-0.05, 0) is 39.1 Å². The molecule has 0 saturated heterocycles. The molecule has 0 saturated carbocycles. The van der Waals surface area contributed by atoms with Gasteiger partial charge >= 0.3 is 12.8 Å². The average Bonchev–Trinajstić information content (AvgIpc) is 2.08. The second-order valence-corrected chi connectivity index (χ2v) is 8.29. The fourth-order valence-corrected chi connectivity index (χ4v) is 3.37. The molecule has 102 valence electrons. The Morgan fingerprint density at radius 2 is 2.06 bits per heavy atom. The molecule has 0 aliphatic heterocycles. The summed E-state index contributed by atoms with van der Waals surface area (Å²) >= 11 is 0.731. The largest absolute Gasteiger partial charge is 0.463 e. The van der Waals surface area contributed by atoms with E-state index in [0.29, 0.717) is 0 Å². The molecule has 6 nitrogen and oxygen atoms in total. The maximum Gasteiger partial charge on any atom is 0.386 e. The van der Waals surface area contributed by atoms with Gasteiger partial charge < -0.3 is 15.4 Å². The molecule has 0 aromatic rings. The maximum atomic E-state index is 11.4. The minimum absolute atomic E-state index is 0.0239. The Bertz CT molecular complexity index is 302. The minimum atomic E-state index is -3.66. The predicted octanol–water partition coefficient (Wildman–Crippen LogP) is 1.53. The molecule has 0 heterocycles. The highest BCUT2D eigenvalue weighted by Crippen LogP contribution is 2.56. The van der Waals surface area contributed by atoms with Crippen LogP contribution in [-0.2, 0) is 18.6 Å². The summed E-state index contributed by atoms with van der Waals surface area (Å²) in [6, 6.07) is 0. The Hall–Kier alpha value is -0.0700. The average molecular weight is 285 g/mol. The third kappa shape index (κ3) is 8.63. The van der Waals surface area contributed by atoms with Crippen molar-refractivity contribution in [2.24, 2.45) is 5.73 Å². The number of carbonyl (C=O) groups excluding carboxylic acids is 1. The topological polar surface area (TPSA) is 98.9 Å². The van der Waals surface area contributed by atoms with Gasteiger partial charge in [-0.1, -0.05) is 0 Å². The lowest BCUT2D eigenvalue weighted by Gasteiger charge is -2.17. The monoisotopic (exact) mass is 285 g/mol. The Morgan fingerprint density at radius 1 is 1.53 bits per heavy atom. The number of rotatable bonds is 7. The number of nitrogens with two attached hydrogens (primary N) is 1. The van der Waals surface area contributed by atoms with E-state index in [9.17, 15) is 14.3 Å². The number of esters is 1. The summed E-state index contributed by atoms with van der Waals surface area (Å²) in [4.78, 5) is 20.6. The summed E-state index contributed by atoms with van der Waals surface area (Å²) in [6.45, 7) is 2.76. The lowest BCUT2D eigenvalue weighted by molar-refractivity contribution is -0.148. The van der Waals surface area contributed by atoms with Crippen molar-refractivity contribution in [1.29, 1.82) is 0 Å². The smallest absolute Gasteiger partial charge is 0.386 e. The number of ether oxygens (including phenoxy) is 1. The van der Waals surface area contributed by atoms with E-state index in [2.05, 4.69) is 0 Å². The van der Waals surface area contributed by atoms with Crippen LogP contribution in [0.3, 0.4) is 0 Å². The second-order valence-electron chi connectivity index (χ2n) is 4.31. The molecule has 1 atom stereocenters. The summed E-state index contributed by atoms with van der Waals surface area (Å²) < 4.78 is 21.1.